The summed E-state index contributed by atoms with van der Waals surface area (Å²) in [4.78, 5) is 63.7. The molecular formula is C106H79BrClF5IN15O20. The fourth-order valence-electron chi connectivity index (χ4n) is 13.8. The maximum atomic E-state index is 14.3. The molecule has 20 aromatic rings. The van der Waals surface area contributed by atoms with E-state index in [1.54, 1.807) is 195 Å². The quantitative estimate of drug-likeness (QED) is 0.0206. The van der Waals surface area contributed by atoms with Gasteiger partial charge in [-0.25, -0.2) is 8.78 Å². The number of alkyl halides is 3. The van der Waals surface area contributed by atoms with Crippen molar-refractivity contribution < 1.29 is 114 Å². The maximum Gasteiger partial charge on any atom is 0.416 e. The van der Waals surface area contributed by atoms with Crippen LogP contribution in [0.4, 0.5) is 50.4 Å². The van der Waals surface area contributed by atoms with E-state index in [-0.39, 0.29) is 75.6 Å². The first-order valence-electron chi connectivity index (χ1n) is 44.9. The Kier molecular flexibility index (Phi) is 34.0. The fraction of sp³-hybridized carbons (Fsp3) is 0.104. The summed E-state index contributed by atoms with van der Waals surface area (Å²) in [6.45, 7) is 9.33. The molecular weight excluding hydrogens is 2140 g/mol. The highest BCUT2D eigenvalue weighted by molar-refractivity contribution is 14.1. The molecule has 43 heteroatoms. The van der Waals surface area contributed by atoms with Gasteiger partial charge in [0.1, 0.15) is 40.4 Å². The van der Waals surface area contributed by atoms with Crippen LogP contribution in [0.1, 0.15) is 91.5 Å². The summed E-state index contributed by atoms with van der Waals surface area (Å²) in [5.41, 5.74) is 4.75. The van der Waals surface area contributed by atoms with Crippen molar-refractivity contribution in [3.05, 3.63) is 356 Å². The minimum absolute atomic E-state index is 0.0172. The molecule has 0 aliphatic heterocycles. The summed E-state index contributed by atoms with van der Waals surface area (Å²) in [5, 5.41) is 53.9. The molecule has 5 N–H and O–H groups in total. The summed E-state index contributed by atoms with van der Waals surface area (Å²) in [5.74, 6) is 2.76. The molecule has 149 heavy (non-hydrogen) atoms. The standard InChI is InChI=1S/C22H18BrN3O4.C21H16ClN3O4.C21H13F4N3O4.C21H16FN3O4.C21H16IN3O4/c1-2-10-28-18-9-8-15(23)13-17(18)20(27)24-16-6-3-5-14(12-16)21-25-26-22(30-21)19-7-4-11-29-19;1-2-27-17-9-8-14(22)12-16(17)19(26)23-15-6-3-5-13(11-15)20-24-25-21(29-20)18-7-4-10-28-18;1-30-16-7-5-12(21(23,24)25)10-13(16)18(29)26-15-9-11(4-6-14(15)22)19-27-28-20(32-19)17-3-2-8-31-17;2*1-2-27-17-9-8-14(22)12-16(17)19(26)23-15-6-3-5-13(11-15)20-24-25-21(29-20)18-7-4-10-28-18/h3-9,11-13H,2,10H2,1H3,(H,24,27);3-12H,2H2,1H3,(H,23,26);2-10H,1H3,(H,26,29);2*3-12H,2H2,1H3,(H,23,26). The van der Waals surface area contributed by atoms with Gasteiger partial charge in [-0.2, -0.15) is 13.2 Å². The highest BCUT2D eigenvalue weighted by atomic mass is 127. The van der Waals surface area contributed by atoms with Gasteiger partial charge in [-0.3, -0.25) is 24.0 Å². The maximum absolute atomic E-state index is 14.3. The largest absolute Gasteiger partial charge is 0.496 e. The van der Waals surface area contributed by atoms with Crippen molar-refractivity contribution in [2.45, 2.75) is 40.3 Å². The number of hydrogen-bond acceptors (Lipinski definition) is 30. The highest BCUT2D eigenvalue weighted by Crippen LogP contribution is 2.39. The van der Waals surface area contributed by atoms with Crippen molar-refractivity contribution in [2.75, 3.05) is 60.1 Å². The van der Waals surface area contributed by atoms with E-state index in [1.165, 1.54) is 62.7 Å². The molecule has 0 unspecified atom stereocenters. The summed E-state index contributed by atoms with van der Waals surface area (Å²) in [7, 11) is 1.20. The fourth-order valence-corrected chi connectivity index (χ4v) is 14.8. The van der Waals surface area contributed by atoms with Gasteiger partial charge in [0.25, 0.3) is 59.0 Å². The number of rotatable bonds is 30. The Balaban J connectivity index is 0.000000133. The lowest BCUT2D eigenvalue weighted by molar-refractivity contribution is -0.137. The van der Waals surface area contributed by atoms with Crippen molar-refractivity contribution >= 4 is 108 Å². The predicted octanol–water partition coefficient (Wildman–Crippen LogP) is 26.6. The number of furan rings is 5. The molecule has 10 aromatic heterocycles. The van der Waals surface area contributed by atoms with Crippen molar-refractivity contribution in [1.82, 2.24) is 51.0 Å². The molecule has 20 rings (SSSR count). The molecule has 0 saturated heterocycles. The zero-order valence-electron chi connectivity index (χ0n) is 78.5. The van der Waals surface area contributed by atoms with Crippen LogP contribution in [0.25, 0.3) is 116 Å². The summed E-state index contributed by atoms with van der Waals surface area (Å²) >= 11 is 11.6. The number of aromatic nitrogens is 10. The molecule has 35 nitrogen and oxygen atoms in total. The third-order valence-electron chi connectivity index (χ3n) is 20.6. The number of amides is 5. The molecule has 10 aromatic carbocycles. The Hall–Kier alpha value is -18.2. The lowest BCUT2D eigenvalue weighted by Gasteiger charge is -2.13. The minimum Gasteiger partial charge on any atom is -0.496 e. The molecule has 0 atom stereocenters. The van der Waals surface area contributed by atoms with E-state index in [1.807, 2.05) is 45.0 Å². The number of nitrogens with one attached hydrogen (secondary N) is 5. The van der Waals surface area contributed by atoms with Crippen LogP contribution in [0.15, 0.2) is 347 Å². The third kappa shape index (κ3) is 26.9. The number of carbonyl (C=O) groups is 5. The number of nitrogens with zero attached hydrogens (tertiary/aromatic N) is 10. The smallest absolute Gasteiger partial charge is 0.416 e. The second-order valence-corrected chi connectivity index (χ2v) is 33.5. The number of halogens is 8. The van der Waals surface area contributed by atoms with E-state index in [2.05, 4.69) is 116 Å². The zero-order valence-corrected chi connectivity index (χ0v) is 83.0. The second kappa shape index (κ2) is 48.9. The van der Waals surface area contributed by atoms with E-state index in [4.69, 9.17) is 79.5 Å². The monoisotopic (exact) mass is 2220 g/mol. The average Bonchev–Trinajstić information content (AvgIpc) is 1.09. The lowest BCUT2D eigenvalue weighted by Crippen LogP contribution is -2.16. The van der Waals surface area contributed by atoms with Crippen molar-refractivity contribution in [3.8, 4) is 144 Å². The number of anilines is 5. The highest BCUT2D eigenvalue weighted by Gasteiger charge is 2.33. The Labute approximate surface area is 868 Å². The number of ether oxygens (including phenoxy) is 5. The Bertz CT molecular complexity index is 7570. The normalized spacial score (nSPS) is 10.9. The number of benzene rings is 10. The van der Waals surface area contributed by atoms with Gasteiger partial charge in [0.15, 0.2) is 28.8 Å². The van der Waals surface area contributed by atoms with Crippen LogP contribution in [0.5, 0.6) is 28.7 Å². The number of carbonyl (C=O) groups excluding carboxylic acids is 5. The van der Waals surface area contributed by atoms with Gasteiger partial charge in [-0.15, -0.1) is 51.0 Å². The van der Waals surface area contributed by atoms with Crippen LogP contribution in [-0.4, -0.2) is 114 Å². The summed E-state index contributed by atoms with van der Waals surface area (Å²) in [6.07, 6.45) is 3.72. The van der Waals surface area contributed by atoms with E-state index < -0.39 is 40.8 Å². The van der Waals surface area contributed by atoms with Gasteiger partial charge in [0, 0.05) is 63.6 Å². The van der Waals surface area contributed by atoms with Crippen LogP contribution in [-0.2, 0) is 6.18 Å². The van der Waals surface area contributed by atoms with Gasteiger partial charge in [0.05, 0.1) is 104 Å². The average molecular weight is 2220 g/mol. The van der Waals surface area contributed by atoms with Gasteiger partial charge in [-0.05, 0) is 292 Å². The van der Waals surface area contributed by atoms with E-state index >= 15 is 0 Å². The van der Waals surface area contributed by atoms with Gasteiger partial charge >= 0.3 is 6.18 Å². The zero-order chi connectivity index (χ0) is 104. The molecule has 0 aliphatic carbocycles. The molecule has 754 valence electrons. The third-order valence-corrected chi connectivity index (χ3v) is 22.0. The lowest BCUT2D eigenvalue weighted by atomic mass is 10.1. The molecule has 0 saturated carbocycles. The van der Waals surface area contributed by atoms with Crippen LogP contribution in [0.2, 0.25) is 5.02 Å². The molecule has 5 amide bonds. The number of hydrogen-bond donors (Lipinski definition) is 5. The second-order valence-electron chi connectivity index (χ2n) is 30.9. The van der Waals surface area contributed by atoms with Gasteiger partial charge in [0.2, 0.25) is 29.5 Å². The van der Waals surface area contributed by atoms with E-state index in [0.717, 1.165) is 38.7 Å². The molecule has 0 fully saturated rings. The summed E-state index contributed by atoms with van der Waals surface area (Å²) < 4.78 is 150. The van der Waals surface area contributed by atoms with E-state index in [0.29, 0.717) is 175 Å². The minimum atomic E-state index is -4.67. The van der Waals surface area contributed by atoms with Crippen LogP contribution in [0, 0.1) is 15.2 Å². The van der Waals surface area contributed by atoms with Crippen molar-refractivity contribution in [2.24, 2.45) is 0 Å². The van der Waals surface area contributed by atoms with Crippen LogP contribution >= 0.6 is 50.1 Å². The SMILES string of the molecule is CCCOc1ccc(Br)cc1C(=O)Nc1cccc(-c2nnc(-c3ccco3)o2)c1.CCOc1ccc(Cl)cc1C(=O)Nc1cccc(-c2nnc(-c3ccco3)o2)c1.CCOc1ccc(F)cc1C(=O)Nc1cccc(-c2nnc(-c3ccco3)o2)c1.CCOc1ccc(I)cc1C(=O)Nc1cccc(-c2nnc(-c3ccco3)o2)c1.COc1ccc(C(F)(F)F)cc1C(=O)Nc1cc(-c2nnc(-c3ccco3)o2)ccc1F. The van der Waals surface area contributed by atoms with Crippen LogP contribution in [0.3, 0.4) is 0 Å². The van der Waals surface area contributed by atoms with Gasteiger partial charge in [-0.1, -0.05) is 58.7 Å². The van der Waals surface area contributed by atoms with E-state index in [9.17, 15) is 45.9 Å². The van der Waals surface area contributed by atoms with Crippen LogP contribution < -0.4 is 50.3 Å². The van der Waals surface area contributed by atoms with Crippen molar-refractivity contribution in [3.63, 3.8) is 0 Å². The molecule has 0 aliphatic rings. The first-order chi connectivity index (χ1) is 72.3. The Morgan fingerprint density at radius 1 is 0.342 bits per heavy atom. The Morgan fingerprint density at radius 2 is 0.671 bits per heavy atom. The molecule has 0 bridgehead atoms. The molecule has 0 radical (unpaired) electrons. The molecule has 0 spiro atoms. The Morgan fingerprint density at radius 3 is 1.04 bits per heavy atom. The predicted molar refractivity (Wildman–Crippen MR) is 545 cm³/mol. The first kappa shape index (κ1) is 104. The topological polar surface area (TPSA) is 452 Å². The van der Waals surface area contributed by atoms with Gasteiger partial charge < -0.3 is 94.4 Å². The van der Waals surface area contributed by atoms with Crippen molar-refractivity contribution in [1.29, 1.82) is 0 Å². The molecule has 10 heterocycles. The number of methoxy groups -OCH3 is 1. The first-order valence-corrected chi connectivity index (χ1v) is 47.2. The summed E-state index contributed by atoms with van der Waals surface area (Å²) in [6, 6.07) is 71.0.